The lowest BCUT2D eigenvalue weighted by Crippen LogP contribution is -2.15. The minimum absolute atomic E-state index is 0.123. The van der Waals surface area contributed by atoms with Crippen molar-refractivity contribution in [1.29, 1.82) is 0 Å². The van der Waals surface area contributed by atoms with Crippen LogP contribution in [0.5, 0.6) is 0 Å². The first kappa shape index (κ1) is 17.9. The minimum Gasteiger partial charge on any atom is -0.326 e. The van der Waals surface area contributed by atoms with Crippen molar-refractivity contribution in [2.24, 2.45) is 0 Å². The van der Waals surface area contributed by atoms with Crippen molar-refractivity contribution >= 4 is 23.8 Å². The first-order valence-corrected chi connectivity index (χ1v) is 8.32. The van der Waals surface area contributed by atoms with E-state index >= 15 is 0 Å². The first-order valence-electron chi connectivity index (χ1n) is 7.91. The van der Waals surface area contributed by atoms with Gasteiger partial charge < -0.3 is 5.32 Å². The SMILES string of the molecule is Cc1ccc(NC(=O)CCn2c(-c3ccc(F)cc3)n[nH]c2=S)cc1F. The zero-order valence-electron chi connectivity index (χ0n) is 13.9. The van der Waals surface area contributed by atoms with Crippen LogP contribution in [-0.4, -0.2) is 20.7 Å². The summed E-state index contributed by atoms with van der Waals surface area (Å²) in [6, 6.07) is 10.4. The van der Waals surface area contributed by atoms with E-state index in [9.17, 15) is 13.6 Å². The van der Waals surface area contributed by atoms with Gasteiger partial charge in [0.2, 0.25) is 5.91 Å². The quantitative estimate of drug-likeness (QED) is 0.657. The highest BCUT2D eigenvalue weighted by molar-refractivity contribution is 7.71. The van der Waals surface area contributed by atoms with E-state index in [0.29, 0.717) is 27.4 Å². The number of aromatic nitrogens is 3. The molecule has 2 aromatic carbocycles. The Morgan fingerprint density at radius 1 is 1.23 bits per heavy atom. The van der Waals surface area contributed by atoms with Gasteiger partial charge in [-0.2, -0.15) is 5.10 Å². The Labute approximate surface area is 153 Å². The second kappa shape index (κ2) is 7.57. The molecule has 1 heterocycles. The molecule has 0 unspecified atom stereocenters. The molecule has 26 heavy (non-hydrogen) atoms. The number of hydrogen-bond donors (Lipinski definition) is 2. The van der Waals surface area contributed by atoms with Crippen molar-refractivity contribution in [3.8, 4) is 11.4 Å². The number of hydrogen-bond acceptors (Lipinski definition) is 3. The van der Waals surface area contributed by atoms with Crippen LogP contribution >= 0.6 is 12.2 Å². The monoisotopic (exact) mass is 374 g/mol. The van der Waals surface area contributed by atoms with Gasteiger partial charge in [0.05, 0.1) is 0 Å². The summed E-state index contributed by atoms with van der Waals surface area (Å²) in [5, 5.41) is 9.47. The van der Waals surface area contributed by atoms with Gasteiger partial charge in [0.15, 0.2) is 10.6 Å². The number of rotatable bonds is 5. The van der Waals surface area contributed by atoms with Gasteiger partial charge in [0.1, 0.15) is 11.6 Å². The second-order valence-electron chi connectivity index (χ2n) is 5.77. The van der Waals surface area contributed by atoms with Crippen LogP contribution in [0.1, 0.15) is 12.0 Å². The van der Waals surface area contributed by atoms with Gasteiger partial charge >= 0.3 is 0 Å². The molecule has 0 aliphatic heterocycles. The summed E-state index contributed by atoms with van der Waals surface area (Å²) < 4.78 is 28.7. The number of anilines is 1. The van der Waals surface area contributed by atoms with Gasteiger partial charge in [-0.15, -0.1) is 0 Å². The van der Waals surface area contributed by atoms with Gasteiger partial charge in [-0.3, -0.25) is 14.5 Å². The fourth-order valence-electron chi connectivity index (χ4n) is 2.45. The van der Waals surface area contributed by atoms with E-state index in [-0.39, 0.29) is 30.5 Å². The van der Waals surface area contributed by atoms with Crippen molar-refractivity contribution in [1.82, 2.24) is 14.8 Å². The Hall–Kier alpha value is -2.87. The molecule has 0 aliphatic rings. The number of aromatic amines is 1. The summed E-state index contributed by atoms with van der Waals surface area (Å²) in [5.74, 6) is -0.483. The van der Waals surface area contributed by atoms with Crippen molar-refractivity contribution in [2.75, 3.05) is 5.32 Å². The number of nitrogens with zero attached hydrogens (tertiary/aromatic N) is 2. The molecule has 1 aromatic heterocycles. The van der Waals surface area contributed by atoms with E-state index in [4.69, 9.17) is 12.2 Å². The number of amides is 1. The van der Waals surface area contributed by atoms with Crippen LogP contribution in [0.3, 0.4) is 0 Å². The zero-order chi connectivity index (χ0) is 18.7. The fraction of sp³-hybridized carbons (Fsp3) is 0.167. The maximum Gasteiger partial charge on any atom is 0.226 e. The van der Waals surface area contributed by atoms with Crippen LogP contribution in [0.15, 0.2) is 42.5 Å². The first-order chi connectivity index (χ1) is 12.4. The highest BCUT2D eigenvalue weighted by Crippen LogP contribution is 2.18. The Balaban J connectivity index is 1.70. The number of aryl methyl sites for hydroxylation is 1. The van der Waals surface area contributed by atoms with Crippen LogP contribution < -0.4 is 5.32 Å². The molecule has 8 heteroatoms. The third kappa shape index (κ3) is 4.02. The highest BCUT2D eigenvalue weighted by Gasteiger charge is 2.11. The smallest absolute Gasteiger partial charge is 0.226 e. The molecule has 0 bridgehead atoms. The Kier molecular flexibility index (Phi) is 5.22. The lowest BCUT2D eigenvalue weighted by Gasteiger charge is -2.09. The predicted octanol–water partition coefficient (Wildman–Crippen LogP) is 4.22. The lowest BCUT2D eigenvalue weighted by molar-refractivity contribution is -0.116. The number of halogens is 2. The van der Waals surface area contributed by atoms with Crippen molar-refractivity contribution in [3.63, 3.8) is 0 Å². The molecule has 0 aliphatic carbocycles. The van der Waals surface area contributed by atoms with Gasteiger partial charge in [-0.05, 0) is 61.1 Å². The number of H-pyrrole nitrogens is 1. The van der Waals surface area contributed by atoms with Crippen LogP contribution in [-0.2, 0) is 11.3 Å². The molecule has 0 atom stereocenters. The zero-order valence-corrected chi connectivity index (χ0v) is 14.7. The van der Waals surface area contributed by atoms with Crippen LogP contribution in [0, 0.1) is 23.3 Å². The summed E-state index contributed by atoms with van der Waals surface area (Å²) in [5.41, 5.74) is 1.59. The summed E-state index contributed by atoms with van der Waals surface area (Å²) in [4.78, 5) is 12.1. The summed E-state index contributed by atoms with van der Waals surface area (Å²) in [7, 11) is 0. The summed E-state index contributed by atoms with van der Waals surface area (Å²) >= 11 is 5.20. The normalized spacial score (nSPS) is 10.7. The van der Waals surface area contributed by atoms with Crippen molar-refractivity contribution in [3.05, 3.63) is 64.4 Å². The summed E-state index contributed by atoms with van der Waals surface area (Å²) in [6.45, 7) is 1.93. The standard InChI is InChI=1S/C18H16F2N4OS/c1-11-2-7-14(10-15(11)20)21-16(25)8-9-24-17(22-23-18(24)26)12-3-5-13(19)6-4-12/h2-7,10H,8-9H2,1H3,(H,21,25)(H,23,26). The molecule has 0 radical (unpaired) electrons. The van der Waals surface area contributed by atoms with Crippen molar-refractivity contribution in [2.45, 2.75) is 19.9 Å². The van der Waals surface area contributed by atoms with Gasteiger partial charge in [-0.1, -0.05) is 6.07 Å². The molecule has 3 aromatic rings. The van der Waals surface area contributed by atoms with Gasteiger partial charge in [-0.25, -0.2) is 8.78 Å². The number of carbonyl (C=O) groups excluding carboxylic acids is 1. The Morgan fingerprint density at radius 2 is 1.96 bits per heavy atom. The molecular weight excluding hydrogens is 358 g/mol. The summed E-state index contributed by atoms with van der Waals surface area (Å²) in [6.07, 6.45) is 0.123. The molecule has 0 saturated carbocycles. The van der Waals surface area contributed by atoms with Crippen LogP contribution in [0.25, 0.3) is 11.4 Å². The average molecular weight is 374 g/mol. The maximum absolute atomic E-state index is 13.6. The largest absolute Gasteiger partial charge is 0.326 e. The molecule has 5 nitrogen and oxygen atoms in total. The molecule has 0 spiro atoms. The van der Waals surface area contributed by atoms with Crippen molar-refractivity contribution < 1.29 is 13.6 Å². The van der Waals surface area contributed by atoms with Crippen LogP contribution in [0.4, 0.5) is 14.5 Å². The van der Waals surface area contributed by atoms with E-state index < -0.39 is 0 Å². The third-order valence-corrected chi connectivity index (χ3v) is 4.19. The van der Waals surface area contributed by atoms with E-state index in [1.54, 1.807) is 35.8 Å². The Morgan fingerprint density at radius 3 is 2.65 bits per heavy atom. The topological polar surface area (TPSA) is 62.7 Å². The average Bonchev–Trinajstić information content (AvgIpc) is 2.98. The number of carbonyl (C=O) groups is 1. The lowest BCUT2D eigenvalue weighted by atomic mass is 10.2. The molecular formula is C18H16F2N4OS. The van der Waals surface area contributed by atoms with Gasteiger partial charge in [0.25, 0.3) is 0 Å². The molecule has 134 valence electrons. The number of benzene rings is 2. The third-order valence-electron chi connectivity index (χ3n) is 3.88. The molecule has 1 amide bonds. The number of nitrogens with one attached hydrogen (secondary N) is 2. The highest BCUT2D eigenvalue weighted by atomic mass is 32.1. The van der Waals surface area contributed by atoms with Gasteiger partial charge in [0, 0.05) is 24.2 Å². The Bertz CT molecular complexity index is 995. The maximum atomic E-state index is 13.6. The van der Waals surface area contributed by atoms with E-state index in [1.165, 1.54) is 18.2 Å². The molecule has 0 fully saturated rings. The molecule has 2 N–H and O–H groups in total. The fourth-order valence-corrected chi connectivity index (χ4v) is 2.68. The second-order valence-corrected chi connectivity index (χ2v) is 6.16. The predicted molar refractivity (Wildman–Crippen MR) is 97.2 cm³/mol. The van der Waals surface area contributed by atoms with E-state index in [0.717, 1.165) is 0 Å². The van der Waals surface area contributed by atoms with E-state index in [2.05, 4.69) is 15.5 Å². The molecule has 3 rings (SSSR count). The molecule has 0 saturated heterocycles. The van der Waals surface area contributed by atoms with E-state index in [1.807, 2.05) is 0 Å². The minimum atomic E-state index is -0.376. The van der Waals surface area contributed by atoms with Crippen LogP contribution in [0.2, 0.25) is 0 Å².